The fourth-order valence-corrected chi connectivity index (χ4v) is 2.25. The molecule has 0 radical (unpaired) electrons. The molecule has 2 aromatic rings. The lowest BCUT2D eigenvalue weighted by atomic mass is 10.3. The maximum atomic E-state index is 10.3. The molecule has 0 aliphatic carbocycles. The van der Waals surface area contributed by atoms with E-state index in [9.17, 15) is 4.79 Å². The van der Waals surface area contributed by atoms with Crippen molar-refractivity contribution in [3.63, 3.8) is 0 Å². The fraction of sp³-hybridized carbons (Fsp3) is 0.222. The first-order chi connectivity index (χ1) is 7.75. The molecule has 84 valence electrons. The second-order valence-corrected chi connectivity index (χ2v) is 4.68. The zero-order valence-corrected chi connectivity index (χ0v) is 9.75. The molecule has 5 nitrogen and oxygen atoms in total. The lowest BCUT2D eigenvalue weighted by molar-refractivity contribution is -0.133. The predicted molar refractivity (Wildman–Crippen MR) is 61.4 cm³/mol. The normalized spacial score (nSPS) is 10.5. The van der Waals surface area contributed by atoms with Crippen LogP contribution in [0.3, 0.4) is 0 Å². The lowest BCUT2D eigenvalue weighted by Crippen LogP contribution is -1.98. The monoisotopic (exact) mass is 256 g/mol. The Kier molecular flexibility index (Phi) is 3.58. The highest BCUT2D eigenvalue weighted by Gasteiger charge is 2.09. The first-order valence-corrected chi connectivity index (χ1v) is 6.50. The molecule has 16 heavy (non-hydrogen) atoms. The van der Waals surface area contributed by atoms with Crippen LogP contribution in [-0.2, 0) is 10.5 Å². The summed E-state index contributed by atoms with van der Waals surface area (Å²) in [7, 11) is 0. The van der Waals surface area contributed by atoms with Crippen LogP contribution < -0.4 is 0 Å². The molecular weight excluding hydrogens is 248 g/mol. The third-order valence-electron chi connectivity index (χ3n) is 1.69. The number of aromatic nitrogens is 2. The van der Waals surface area contributed by atoms with Crippen LogP contribution in [0.4, 0.5) is 0 Å². The number of nitrogens with zero attached hydrogens (tertiary/aromatic N) is 2. The molecule has 0 aliphatic rings. The van der Waals surface area contributed by atoms with Crippen LogP contribution >= 0.6 is 23.1 Å². The second-order valence-electron chi connectivity index (χ2n) is 2.91. The Morgan fingerprint density at radius 1 is 1.62 bits per heavy atom. The molecule has 0 spiro atoms. The van der Waals surface area contributed by atoms with Crippen LogP contribution in [0.1, 0.15) is 5.82 Å². The van der Waals surface area contributed by atoms with Crippen LogP contribution in [0, 0.1) is 0 Å². The Hall–Kier alpha value is -1.34. The van der Waals surface area contributed by atoms with Gasteiger partial charge in [0.2, 0.25) is 0 Å². The predicted octanol–water partition coefficient (Wildman–Crippen LogP) is 2.12. The summed E-state index contributed by atoms with van der Waals surface area (Å²) < 4.78 is 5.05. The number of rotatable bonds is 5. The van der Waals surface area contributed by atoms with Gasteiger partial charge in [-0.3, -0.25) is 4.79 Å². The largest absolute Gasteiger partial charge is 0.481 e. The maximum absolute atomic E-state index is 10.3. The van der Waals surface area contributed by atoms with E-state index in [1.165, 1.54) is 11.8 Å². The van der Waals surface area contributed by atoms with Gasteiger partial charge in [-0.15, -0.1) is 11.8 Å². The summed E-state index contributed by atoms with van der Waals surface area (Å²) in [5.74, 6) is 0.647. The zero-order chi connectivity index (χ0) is 11.4. The molecular formula is C9H8N2O3S2. The average molecular weight is 256 g/mol. The minimum Gasteiger partial charge on any atom is -0.481 e. The minimum absolute atomic E-state index is 0.0440. The summed E-state index contributed by atoms with van der Waals surface area (Å²) in [5, 5.41) is 16.1. The van der Waals surface area contributed by atoms with Crippen molar-refractivity contribution in [1.29, 1.82) is 0 Å². The molecule has 7 heteroatoms. The topological polar surface area (TPSA) is 76.2 Å². The van der Waals surface area contributed by atoms with Crippen molar-refractivity contribution in [3.8, 4) is 11.5 Å². The smallest absolute Gasteiger partial charge is 0.313 e. The van der Waals surface area contributed by atoms with Crippen molar-refractivity contribution < 1.29 is 14.4 Å². The van der Waals surface area contributed by atoms with Crippen LogP contribution in [0.25, 0.3) is 11.5 Å². The molecule has 0 bridgehead atoms. The summed E-state index contributed by atoms with van der Waals surface area (Å²) in [6.07, 6.45) is 0. The Morgan fingerprint density at radius 3 is 3.19 bits per heavy atom. The van der Waals surface area contributed by atoms with Crippen molar-refractivity contribution in [1.82, 2.24) is 10.1 Å². The molecule has 2 rings (SSSR count). The van der Waals surface area contributed by atoms with Crippen LogP contribution in [0.5, 0.6) is 0 Å². The molecule has 0 fully saturated rings. The van der Waals surface area contributed by atoms with Gasteiger partial charge in [-0.25, -0.2) is 0 Å². The van der Waals surface area contributed by atoms with E-state index in [1.54, 1.807) is 11.3 Å². The lowest BCUT2D eigenvalue weighted by Gasteiger charge is -1.90. The number of hydrogen-bond acceptors (Lipinski definition) is 6. The number of carboxylic acid groups (broad SMARTS) is 1. The first-order valence-electron chi connectivity index (χ1n) is 4.40. The summed E-state index contributed by atoms with van der Waals surface area (Å²) in [4.78, 5) is 14.5. The van der Waals surface area contributed by atoms with E-state index in [0.29, 0.717) is 17.5 Å². The Morgan fingerprint density at radius 2 is 2.50 bits per heavy atom. The molecule has 0 atom stereocenters. The van der Waals surface area contributed by atoms with Crippen LogP contribution in [0.15, 0.2) is 21.3 Å². The summed E-state index contributed by atoms with van der Waals surface area (Å²) in [6.45, 7) is 0. The van der Waals surface area contributed by atoms with Gasteiger partial charge >= 0.3 is 5.97 Å². The van der Waals surface area contributed by atoms with Crippen molar-refractivity contribution in [3.05, 3.63) is 22.7 Å². The molecule has 0 saturated carbocycles. The Bertz CT molecular complexity index is 467. The zero-order valence-electron chi connectivity index (χ0n) is 8.12. The van der Waals surface area contributed by atoms with E-state index in [-0.39, 0.29) is 5.75 Å². The quantitative estimate of drug-likeness (QED) is 0.883. The van der Waals surface area contributed by atoms with Crippen molar-refractivity contribution in [2.75, 3.05) is 5.75 Å². The van der Waals surface area contributed by atoms with E-state index in [1.807, 2.05) is 16.8 Å². The van der Waals surface area contributed by atoms with Gasteiger partial charge in [-0.1, -0.05) is 5.16 Å². The fourth-order valence-electron chi connectivity index (χ4n) is 1.05. The molecule has 0 amide bonds. The summed E-state index contributed by atoms with van der Waals surface area (Å²) >= 11 is 2.80. The molecule has 0 aromatic carbocycles. The third kappa shape index (κ3) is 2.83. The number of thiophene rings is 1. The number of carboxylic acids is 1. The van der Waals surface area contributed by atoms with Crippen molar-refractivity contribution in [2.45, 2.75) is 5.75 Å². The SMILES string of the molecule is O=C(O)CSCc1noc(-c2ccsc2)n1. The van der Waals surface area contributed by atoms with Crippen molar-refractivity contribution in [2.24, 2.45) is 0 Å². The number of thioether (sulfide) groups is 1. The average Bonchev–Trinajstić information content (AvgIpc) is 2.85. The Balaban J connectivity index is 1.95. The Labute approximate surface area is 99.5 Å². The number of carbonyl (C=O) groups is 1. The molecule has 1 N–H and O–H groups in total. The van der Waals surface area contributed by atoms with E-state index in [4.69, 9.17) is 9.63 Å². The van der Waals surface area contributed by atoms with E-state index in [2.05, 4.69) is 10.1 Å². The second kappa shape index (κ2) is 5.13. The number of hydrogen-bond donors (Lipinski definition) is 1. The molecule has 0 unspecified atom stereocenters. The maximum Gasteiger partial charge on any atom is 0.313 e. The highest BCUT2D eigenvalue weighted by atomic mass is 32.2. The van der Waals surface area contributed by atoms with Gasteiger partial charge in [0.1, 0.15) is 0 Å². The third-order valence-corrected chi connectivity index (χ3v) is 3.29. The van der Waals surface area contributed by atoms with E-state index < -0.39 is 5.97 Å². The summed E-state index contributed by atoms with van der Waals surface area (Å²) in [6, 6.07) is 1.90. The van der Waals surface area contributed by atoms with Gasteiger partial charge in [0.25, 0.3) is 5.89 Å². The van der Waals surface area contributed by atoms with Gasteiger partial charge in [0, 0.05) is 5.38 Å². The highest BCUT2D eigenvalue weighted by molar-refractivity contribution is 7.99. The molecule has 0 saturated heterocycles. The van der Waals surface area contributed by atoms with Gasteiger partial charge in [0.05, 0.1) is 17.1 Å². The molecule has 2 aromatic heterocycles. The van der Waals surface area contributed by atoms with E-state index in [0.717, 1.165) is 5.56 Å². The first kappa shape index (κ1) is 11.2. The van der Waals surface area contributed by atoms with Gasteiger partial charge in [-0.2, -0.15) is 16.3 Å². The highest BCUT2D eigenvalue weighted by Crippen LogP contribution is 2.20. The molecule has 2 heterocycles. The van der Waals surface area contributed by atoms with Crippen LogP contribution in [-0.4, -0.2) is 27.0 Å². The number of aliphatic carboxylic acids is 1. The molecule has 0 aliphatic heterocycles. The minimum atomic E-state index is -0.841. The van der Waals surface area contributed by atoms with E-state index >= 15 is 0 Å². The standard InChI is InChI=1S/C9H8N2O3S2/c12-8(13)5-16-4-7-10-9(14-11-7)6-1-2-15-3-6/h1-3H,4-5H2,(H,12,13). The van der Waals surface area contributed by atoms with Gasteiger partial charge in [-0.05, 0) is 11.4 Å². The van der Waals surface area contributed by atoms with Crippen molar-refractivity contribution >= 4 is 29.1 Å². The van der Waals surface area contributed by atoms with Gasteiger partial charge in [0.15, 0.2) is 5.82 Å². The van der Waals surface area contributed by atoms with Crippen LogP contribution in [0.2, 0.25) is 0 Å². The summed E-state index contributed by atoms with van der Waals surface area (Å²) in [5.41, 5.74) is 0.895. The van der Waals surface area contributed by atoms with Gasteiger partial charge < -0.3 is 9.63 Å².